The largest absolute Gasteiger partial charge is 0.439 e. The second-order valence-corrected chi connectivity index (χ2v) is 7.74. The van der Waals surface area contributed by atoms with Crippen molar-refractivity contribution in [2.75, 3.05) is 19.6 Å². The van der Waals surface area contributed by atoms with Gasteiger partial charge in [-0.1, -0.05) is 18.2 Å². The van der Waals surface area contributed by atoms with Gasteiger partial charge in [-0.3, -0.25) is 9.59 Å². The van der Waals surface area contributed by atoms with Crippen molar-refractivity contribution >= 4 is 11.8 Å². The number of rotatable bonds is 5. The molecule has 0 N–H and O–H groups in total. The van der Waals surface area contributed by atoms with E-state index in [0.29, 0.717) is 31.2 Å². The minimum atomic E-state index is -0.181. The fourth-order valence-corrected chi connectivity index (χ4v) is 4.01. The first-order valence-corrected chi connectivity index (χ1v) is 10.2. The molecule has 1 aromatic carbocycles. The molecule has 3 heterocycles. The maximum absolute atomic E-state index is 12.9. The van der Waals surface area contributed by atoms with Crippen LogP contribution in [0.5, 0.6) is 11.6 Å². The van der Waals surface area contributed by atoms with Crippen LogP contribution in [0.1, 0.15) is 48.8 Å². The molecule has 2 fully saturated rings. The summed E-state index contributed by atoms with van der Waals surface area (Å²) in [6.45, 7) is 5.37. The van der Waals surface area contributed by atoms with Gasteiger partial charge >= 0.3 is 0 Å². The Kier molecular flexibility index (Phi) is 5.47. The zero-order valence-electron chi connectivity index (χ0n) is 16.9. The van der Waals surface area contributed by atoms with E-state index in [2.05, 4.69) is 9.97 Å². The highest BCUT2D eigenvalue weighted by Crippen LogP contribution is 2.32. The van der Waals surface area contributed by atoms with E-state index in [0.717, 1.165) is 36.3 Å². The molecule has 0 radical (unpaired) electrons. The van der Waals surface area contributed by atoms with Gasteiger partial charge in [0.25, 0.3) is 0 Å². The van der Waals surface area contributed by atoms with E-state index in [1.54, 1.807) is 11.0 Å². The highest BCUT2D eigenvalue weighted by molar-refractivity contribution is 5.86. The molecule has 1 aromatic heterocycles. The number of hydrogen-bond donors (Lipinski definition) is 0. The van der Waals surface area contributed by atoms with Crippen LogP contribution in [-0.4, -0.2) is 51.2 Å². The third-order valence-corrected chi connectivity index (χ3v) is 5.52. The van der Waals surface area contributed by atoms with E-state index in [4.69, 9.17) is 4.74 Å². The number of aromatic nitrogens is 2. The second-order valence-electron chi connectivity index (χ2n) is 7.74. The average Bonchev–Trinajstić information content (AvgIpc) is 3.33. The van der Waals surface area contributed by atoms with Crippen molar-refractivity contribution in [2.24, 2.45) is 0 Å². The van der Waals surface area contributed by atoms with Gasteiger partial charge in [-0.2, -0.15) is 4.98 Å². The molecule has 7 heteroatoms. The van der Waals surface area contributed by atoms with Gasteiger partial charge in [0.2, 0.25) is 17.7 Å². The van der Waals surface area contributed by atoms with Gasteiger partial charge in [0.1, 0.15) is 5.75 Å². The van der Waals surface area contributed by atoms with Crippen molar-refractivity contribution in [2.45, 2.75) is 45.6 Å². The second kappa shape index (κ2) is 8.19. The van der Waals surface area contributed by atoms with Crippen LogP contribution < -0.4 is 4.74 Å². The summed E-state index contributed by atoms with van der Waals surface area (Å²) in [5.74, 6) is 1.87. The highest BCUT2D eigenvalue weighted by atomic mass is 16.5. The highest BCUT2D eigenvalue weighted by Gasteiger charge is 2.34. The third kappa shape index (κ3) is 4.23. The van der Waals surface area contributed by atoms with Crippen molar-refractivity contribution in [3.63, 3.8) is 0 Å². The quantitative estimate of drug-likeness (QED) is 0.779. The Balaban J connectivity index is 1.53. The molecule has 2 aliphatic rings. The Bertz CT molecular complexity index is 930. The molecule has 2 amide bonds. The smallest absolute Gasteiger partial charge is 0.242 e. The SMILES string of the molecule is Cc1cc(Oc2ccccc2C)nc([C@@H]2CCCN2C(=O)CN2CCCC2=O)n1. The van der Waals surface area contributed by atoms with Crippen LogP contribution in [0.4, 0.5) is 0 Å². The molecule has 152 valence electrons. The van der Waals surface area contributed by atoms with Crippen LogP contribution in [0.2, 0.25) is 0 Å². The van der Waals surface area contributed by atoms with Crippen molar-refractivity contribution in [1.29, 1.82) is 0 Å². The van der Waals surface area contributed by atoms with Gasteiger partial charge in [-0.25, -0.2) is 4.98 Å². The number of amides is 2. The van der Waals surface area contributed by atoms with Crippen LogP contribution in [0, 0.1) is 13.8 Å². The van der Waals surface area contributed by atoms with Crippen LogP contribution >= 0.6 is 0 Å². The number of likely N-dealkylation sites (tertiary alicyclic amines) is 2. The molecular formula is C22H26N4O3. The van der Waals surface area contributed by atoms with E-state index in [-0.39, 0.29) is 24.4 Å². The zero-order valence-corrected chi connectivity index (χ0v) is 16.9. The lowest BCUT2D eigenvalue weighted by Crippen LogP contribution is -2.40. The van der Waals surface area contributed by atoms with Gasteiger partial charge in [0.05, 0.1) is 12.6 Å². The standard InChI is InChI=1S/C22H26N4O3/c1-15-7-3-4-9-18(15)29-19-13-16(2)23-22(24-19)17-8-5-12-26(17)21(28)14-25-11-6-10-20(25)27/h3-4,7,9,13,17H,5-6,8,10-12,14H2,1-2H3/t17-/m0/s1. The summed E-state index contributed by atoms with van der Waals surface area (Å²) in [5.41, 5.74) is 1.82. The van der Waals surface area contributed by atoms with Gasteiger partial charge < -0.3 is 14.5 Å². The summed E-state index contributed by atoms with van der Waals surface area (Å²) in [6, 6.07) is 9.41. The number of carbonyl (C=O) groups excluding carboxylic acids is 2. The van der Waals surface area contributed by atoms with E-state index in [1.807, 2.05) is 43.0 Å². The monoisotopic (exact) mass is 394 g/mol. The molecule has 2 saturated heterocycles. The predicted octanol–water partition coefficient (Wildman–Crippen LogP) is 3.17. The fourth-order valence-electron chi connectivity index (χ4n) is 4.01. The summed E-state index contributed by atoms with van der Waals surface area (Å²) in [4.78, 5) is 37.5. The molecular weight excluding hydrogens is 368 g/mol. The Labute approximate surface area is 170 Å². The molecule has 0 spiro atoms. The molecule has 0 unspecified atom stereocenters. The van der Waals surface area contributed by atoms with Crippen LogP contribution in [0.15, 0.2) is 30.3 Å². The Morgan fingerprint density at radius 2 is 2.00 bits per heavy atom. The number of aryl methyl sites for hydroxylation is 2. The molecule has 7 nitrogen and oxygen atoms in total. The molecule has 2 aromatic rings. The summed E-state index contributed by atoms with van der Waals surface area (Å²) in [7, 11) is 0. The lowest BCUT2D eigenvalue weighted by molar-refractivity contribution is -0.139. The molecule has 0 aliphatic carbocycles. The van der Waals surface area contributed by atoms with Crippen LogP contribution in [0.25, 0.3) is 0 Å². The summed E-state index contributed by atoms with van der Waals surface area (Å²) in [6.07, 6.45) is 3.08. The first-order chi connectivity index (χ1) is 14.0. The lowest BCUT2D eigenvalue weighted by Gasteiger charge is -2.26. The number of hydrogen-bond acceptors (Lipinski definition) is 5. The molecule has 2 aliphatic heterocycles. The molecule has 29 heavy (non-hydrogen) atoms. The molecule has 0 saturated carbocycles. The van der Waals surface area contributed by atoms with E-state index >= 15 is 0 Å². The lowest BCUT2D eigenvalue weighted by atomic mass is 10.2. The topological polar surface area (TPSA) is 75.6 Å². The molecule has 4 rings (SSSR count). The predicted molar refractivity (Wildman–Crippen MR) is 108 cm³/mol. The Hall–Kier alpha value is -2.96. The van der Waals surface area contributed by atoms with Crippen molar-refractivity contribution in [3.8, 4) is 11.6 Å². The van der Waals surface area contributed by atoms with Gasteiger partial charge in [-0.15, -0.1) is 0 Å². The number of ether oxygens (including phenoxy) is 1. The van der Waals surface area contributed by atoms with Gasteiger partial charge in [-0.05, 0) is 44.7 Å². The summed E-state index contributed by atoms with van der Waals surface area (Å²) < 4.78 is 6.00. The van der Waals surface area contributed by atoms with Gasteiger partial charge in [0, 0.05) is 31.3 Å². The number of carbonyl (C=O) groups is 2. The molecule has 1 atom stereocenters. The Morgan fingerprint density at radius 3 is 2.76 bits per heavy atom. The minimum absolute atomic E-state index is 0.0331. The molecule has 0 bridgehead atoms. The van der Waals surface area contributed by atoms with E-state index < -0.39 is 0 Å². The maximum atomic E-state index is 12.9. The average molecular weight is 394 g/mol. The first kappa shape index (κ1) is 19.4. The van der Waals surface area contributed by atoms with Crippen LogP contribution in [-0.2, 0) is 9.59 Å². The number of nitrogens with zero attached hydrogens (tertiary/aromatic N) is 4. The van der Waals surface area contributed by atoms with Gasteiger partial charge in [0.15, 0.2) is 5.82 Å². The normalized spacial score (nSPS) is 19.1. The maximum Gasteiger partial charge on any atom is 0.242 e. The summed E-state index contributed by atoms with van der Waals surface area (Å²) >= 11 is 0. The van der Waals surface area contributed by atoms with Crippen LogP contribution in [0.3, 0.4) is 0 Å². The fraction of sp³-hybridized carbons (Fsp3) is 0.455. The zero-order chi connectivity index (χ0) is 20.4. The number of benzene rings is 1. The third-order valence-electron chi connectivity index (χ3n) is 5.52. The van der Waals surface area contributed by atoms with Crippen molar-refractivity contribution in [1.82, 2.24) is 19.8 Å². The minimum Gasteiger partial charge on any atom is -0.439 e. The summed E-state index contributed by atoms with van der Waals surface area (Å²) in [5, 5.41) is 0. The number of para-hydroxylation sites is 1. The van der Waals surface area contributed by atoms with Crippen molar-refractivity contribution < 1.29 is 14.3 Å². The first-order valence-electron chi connectivity index (χ1n) is 10.2. The van der Waals surface area contributed by atoms with E-state index in [9.17, 15) is 9.59 Å². The Morgan fingerprint density at radius 1 is 1.17 bits per heavy atom. The van der Waals surface area contributed by atoms with E-state index in [1.165, 1.54) is 0 Å². The van der Waals surface area contributed by atoms with Crippen molar-refractivity contribution in [3.05, 3.63) is 47.4 Å².